The van der Waals surface area contributed by atoms with Gasteiger partial charge in [-0.3, -0.25) is 4.79 Å². The Morgan fingerprint density at radius 1 is 1.17 bits per heavy atom. The molecular weight excluding hydrogens is 321 g/mol. The summed E-state index contributed by atoms with van der Waals surface area (Å²) < 4.78 is 41.8. The SMILES string of the molecule is Cc1cc(F)c(F)c(C(O)C2C(=O)C3=C(C=CCC=C3)C2O)c1F. The molecule has 2 aliphatic rings. The molecule has 1 aromatic carbocycles. The fourth-order valence-corrected chi connectivity index (χ4v) is 3.15. The molecule has 3 nitrogen and oxygen atoms in total. The lowest BCUT2D eigenvalue weighted by Crippen LogP contribution is -2.30. The molecule has 6 heteroatoms. The fraction of sp³-hybridized carbons (Fsp3) is 0.278. The zero-order chi connectivity index (χ0) is 17.6. The molecular formula is C18H15F3O3. The second-order valence-corrected chi connectivity index (χ2v) is 5.91. The summed E-state index contributed by atoms with van der Waals surface area (Å²) >= 11 is 0. The number of carbonyl (C=O) groups excluding carboxylic acids is 1. The molecule has 3 rings (SSSR count). The molecule has 3 unspecified atom stereocenters. The van der Waals surface area contributed by atoms with Crippen molar-refractivity contribution < 1.29 is 28.2 Å². The lowest BCUT2D eigenvalue weighted by atomic mass is 9.88. The van der Waals surface area contributed by atoms with Crippen molar-refractivity contribution in [1.82, 2.24) is 0 Å². The number of hydrogen-bond acceptors (Lipinski definition) is 3. The van der Waals surface area contributed by atoms with Gasteiger partial charge in [0, 0.05) is 5.57 Å². The molecule has 126 valence electrons. The molecule has 2 aliphatic carbocycles. The Kier molecular flexibility index (Phi) is 4.19. The number of rotatable bonds is 2. The van der Waals surface area contributed by atoms with Gasteiger partial charge in [-0.2, -0.15) is 0 Å². The number of aliphatic hydroxyl groups excluding tert-OH is 2. The van der Waals surface area contributed by atoms with Gasteiger partial charge >= 0.3 is 0 Å². The van der Waals surface area contributed by atoms with Crippen molar-refractivity contribution in [3.8, 4) is 0 Å². The van der Waals surface area contributed by atoms with E-state index in [9.17, 15) is 28.2 Å². The molecule has 3 atom stereocenters. The van der Waals surface area contributed by atoms with Crippen LogP contribution in [0.2, 0.25) is 0 Å². The molecule has 0 saturated carbocycles. The van der Waals surface area contributed by atoms with Crippen LogP contribution in [0.1, 0.15) is 23.7 Å². The topological polar surface area (TPSA) is 57.5 Å². The highest BCUT2D eigenvalue weighted by atomic mass is 19.2. The Bertz CT molecular complexity index is 782. The summed E-state index contributed by atoms with van der Waals surface area (Å²) in [6, 6.07) is 0.673. The van der Waals surface area contributed by atoms with Crippen molar-refractivity contribution >= 4 is 5.78 Å². The molecule has 2 N–H and O–H groups in total. The number of hydrogen-bond donors (Lipinski definition) is 2. The summed E-state index contributed by atoms with van der Waals surface area (Å²) in [7, 11) is 0. The Labute approximate surface area is 136 Å². The van der Waals surface area contributed by atoms with Crippen molar-refractivity contribution in [1.29, 1.82) is 0 Å². The average molecular weight is 336 g/mol. The quantitative estimate of drug-likeness (QED) is 0.817. The van der Waals surface area contributed by atoms with Crippen LogP contribution in [0.25, 0.3) is 0 Å². The third-order valence-electron chi connectivity index (χ3n) is 4.40. The van der Waals surface area contributed by atoms with Gasteiger partial charge in [-0.05, 0) is 30.5 Å². The van der Waals surface area contributed by atoms with E-state index in [0.717, 1.165) is 0 Å². The van der Waals surface area contributed by atoms with Gasteiger partial charge in [-0.25, -0.2) is 13.2 Å². The lowest BCUT2D eigenvalue weighted by molar-refractivity contribution is -0.124. The van der Waals surface area contributed by atoms with Crippen molar-refractivity contribution in [3.05, 3.63) is 70.1 Å². The minimum atomic E-state index is -2.00. The normalized spacial score (nSPS) is 24.3. The Hall–Kier alpha value is -2.18. The molecule has 0 bridgehead atoms. The highest BCUT2D eigenvalue weighted by molar-refractivity contribution is 6.05. The van der Waals surface area contributed by atoms with Gasteiger partial charge in [0.05, 0.1) is 23.7 Å². The molecule has 1 aromatic rings. The monoisotopic (exact) mass is 336 g/mol. The largest absolute Gasteiger partial charge is 0.388 e. The summed E-state index contributed by atoms with van der Waals surface area (Å²) in [6.45, 7) is 1.22. The summed E-state index contributed by atoms with van der Waals surface area (Å²) in [5, 5.41) is 20.8. The third-order valence-corrected chi connectivity index (χ3v) is 4.40. The maximum absolute atomic E-state index is 14.2. The van der Waals surface area contributed by atoms with E-state index in [1.54, 1.807) is 18.2 Å². The summed E-state index contributed by atoms with van der Waals surface area (Å²) in [5.41, 5.74) is -0.659. The molecule has 0 radical (unpaired) electrons. The average Bonchev–Trinajstić information content (AvgIpc) is 2.72. The maximum atomic E-state index is 14.2. The number of allylic oxidation sites excluding steroid dienone is 4. The standard InChI is InChI=1S/C18H15F3O3/c1-8-7-11(19)15(21)12(14(8)20)18(24)13-16(22)9-5-3-2-4-6-10(9)17(13)23/h3-7,13,16,18,22,24H,2H2,1H3. The molecule has 0 saturated heterocycles. The van der Waals surface area contributed by atoms with E-state index >= 15 is 0 Å². The maximum Gasteiger partial charge on any atom is 0.172 e. The Morgan fingerprint density at radius 3 is 2.54 bits per heavy atom. The van der Waals surface area contributed by atoms with Crippen molar-refractivity contribution in [2.24, 2.45) is 5.92 Å². The highest BCUT2D eigenvalue weighted by Gasteiger charge is 2.45. The van der Waals surface area contributed by atoms with Crippen LogP contribution in [0.4, 0.5) is 13.2 Å². The second-order valence-electron chi connectivity index (χ2n) is 5.91. The van der Waals surface area contributed by atoms with E-state index in [4.69, 9.17) is 0 Å². The molecule has 0 fully saturated rings. The summed E-state index contributed by atoms with van der Waals surface area (Å²) in [6.07, 6.45) is 3.63. The van der Waals surface area contributed by atoms with Crippen LogP contribution < -0.4 is 0 Å². The zero-order valence-electron chi connectivity index (χ0n) is 12.8. The summed E-state index contributed by atoms with van der Waals surface area (Å²) in [4.78, 5) is 12.5. The minimum Gasteiger partial charge on any atom is -0.388 e. The molecule has 24 heavy (non-hydrogen) atoms. The van der Waals surface area contributed by atoms with Crippen LogP contribution in [-0.4, -0.2) is 22.1 Å². The van der Waals surface area contributed by atoms with Gasteiger partial charge in [0.15, 0.2) is 17.4 Å². The first-order valence-electron chi connectivity index (χ1n) is 7.46. The first-order valence-corrected chi connectivity index (χ1v) is 7.46. The van der Waals surface area contributed by atoms with Gasteiger partial charge in [-0.15, -0.1) is 0 Å². The van der Waals surface area contributed by atoms with Gasteiger partial charge < -0.3 is 10.2 Å². The lowest BCUT2D eigenvalue weighted by Gasteiger charge is -2.23. The van der Waals surface area contributed by atoms with Crippen LogP contribution in [0.3, 0.4) is 0 Å². The minimum absolute atomic E-state index is 0.189. The van der Waals surface area contributed by atoms with Crippen LogP contribution >= 0.6 is 0 Å². The van der Waals surface area contributed by atoms with E-state index in [0.29, 0.717) is 12.5 Å². The predicted octanol–water partition coefficient (Wildman–Crippen LogP) is 2.82. The number of aryl methyl sites for hydroxylation is 1. The Balaban J connectivity index is 2.06. The number of aliphatic hydroxyl groups is 2. The first kappa shape index (κ1) is 16.7. The first-order chi connectivity index (χ1) is 11.3. The number of halogens is 3. The molecule has 0 heterocycles. The fourth-order valence-electron chi connectivity index (χ4n) is 3.15. The zero-order valence-corrected chi connectivity index (χ0v) is 12.8. The van der Waals surface area contributed by atoms with Crippen LogP contribution in [-0.2, 0) is 4.79 Å². The number of carbonyl (C=O) groups is 1. The van der Waals surface area contributed by atoms with Gasteiger partial charge in [0.25, 0.3) is 0 Å². The Morgan fingerprint density at radius 2 is 1.83 bits per heavy atom. The number of Topliss-reactive ketones (excluding diaryl/α,β-unsaturated/α-hetero) is 1. The van der Waals surface area contributed by atoms with E-state index < -0.39 is 46.9 Å². The van der Waals surface area contributed by atoms with E-state index in [2.05, 4.69) is 0 Å². The number of ketones is 1. The van der Waals surface area contributed by atoms with Crippen LogP contribution in [0, 0.1) is 30.3 Å². The van der Waals surface area contributed by atoms with Crippen LogP contribution in [0.15, 0.2) is 41.5 Å². The van der Waals surface area contributed by atoms with Crippen molar-refractivity contribution in [2.45, 2.75) is 25.6 Å². The molecule has 0 aromatic heterocycles. The van der Waals surface area contributed by atoms with Gasteiger partial charge in [0.1, 0.15) is 5.82 Å². The molecule has 0 spiro atoms. The number of benzene rings is 1. The predicted molar refractivity (Wildman–Crippen MR) is 80.4 cm³/mol. The third kappa shape index (κ3) is 2.42. The smallest absolute Gasteiger partial charge is 0.172 e. The van der Waals surface area contributed by atoms with E-state index in [-0.39, 0.29) is 16.7 Å². The van der Waals surface area contributed by atoms with Gasteiger partial charge in [-0.1, -0.05) is 24.3 Å². The summed E-state index contributed by atoms with van der Waals surface area (Å²) in [5.74, 6) is -6.13. The molecule has 0 aliphatic heterocycles. The van der Waals surface area contributed by atoms with Crippen molar-refractivity contribution in [3.63, 3.8) is 0 Å². The van der Waals surface area contributed by atoms with Gasteiger partial charge in [0.2, 0.25) is 0 Å². The van der Waals surface area contributed by atoms with E-state index in [1.807, 2.05) is 0 Å². The second kappa shape index (κ2) is 6.03. The molecule has 0 amide bonds. The van der Waals surface area contributed by atoms with Crippen molar-refractivity contribution in [2.75, 3.05) is 0 Å². The van der Waals surface area contributed by atoms with Crippen LogP contribution in [0.5, 0.6) is 0 Å². The highest BCUT2D eigenvalue weighted by Crippen LogP contribution is 2.41. The van der Waals surface area contributed by atoms with E-state index in [1.165, 1.54) is 13.0 Å².